The molecule has 25 heavy (non-hydrogen) atoms. The van der Waals surface area contributed by atoms with Crippen molar-refractivity contribution in [3.8, 4) is 0 Å². The van der Waals surface area contributed by atoms with E-state index in [1.165, 1.54) is 19.4 Å². The topological polar surface area (TPSA) is 100 Å². The summed E-state index contributed by atoms with van der Waals surface area (Å²) in [6, 6.07) is 3.00. The van der Waals surface area contributed by atoms with Crippen molar-refractivity contribution in [2.24, 2.45) is 0 Å². The monoisotopic (exact) mass is 347 g/mol. The number of esters is 1. The van der Waals surface area contributed by atoms with Crippen molar-refractivity contribution in [2.75, 3.05) is 12.4 Å². The third kappa shape index (κ3) is 2.56. The number of fused-ring (bicyclic) bond motifs is 3. The van der Waals surface area contributed by atoms with Crippen LogP contribution in [0.25, 0.3) is 0 Å². The summed E-state index contributed by atoms with van der Waals surface area (Å²) in [6.45, 7) is 0. The molecule has 130 valence electrons. The molecule has 2 aromatic rings. The molecule has 1 unspecified atom stereocenters. The van der Waals surface area contributed by atoms with Crippen LogP contribution in [0.1, 0.15) is 40.6 Å². The Morgan fingerprint density at radius 2 is 2.44 bits per heavy atom. The number of carbonyl (C=O) groups is 1. The lowest BCUT2D eigenvalue weighted by Crippen LogP contribution is -2.39. The largest absolute Gasteiger partial charge is 0.463 e. The van der Waals surface area contributed by atoms with Gasteiger partial charge in [0, 0.05) is 36.2 Å². The normalized spacial score (nSPS) is 19.6. The zero-order chi connectivity index (χ0) is 17.6. The maximum Gasteiger partial charge on any atom is 0.376 e. The molecule has 2 aromatic heterocycles. The first-order valence-corrected chi connectivity index (χ1v) is 7.84. The Bertz CT molecular complexity index is 879. The second-order valence-corrected chi connectivity index (χ2v) is 5.96. The number of carbonyl (C=O) groups excluding carboxylic acids is 1. The minimum Gasteiger partial charge on any atom is -0.463 e. The first-order valence-electron chi connectivity index (χ1n) is 7.84. The number of nitrogens with one attached hydrogen (secondary N) is 1. The molecule has 0 saturated carbocycles. The quantitative estimate of drug-likeness (QED) is 0.371. The molecule has 0 fully saturated rings. The number of ether oxygens (including phenoxy) is 1. The summed E-state index contributed by atoms with van der Waals surface area (Å²) in [6.07, 6.45) is 2.33. The molecule has 0 aromatic carbocycles. The van der Waals surface area contributed by atoms with Gasteiger partial charge in [0.15, 0.2) is 17.6 Å². The number of rotatable bonds is 4. The van der Waals surface area contributed by atoms with E-state index in [4.69, 9.17) is 4.52 Å². The molecule has 2 N–H and O–H groups in total. The fourth-order valence-electron chi connectivity index (χ4n) is 3.53. The van der Waals surface area contributed by atoms with Crippen LogP contribution in [0.3, 0.4) is 0 Å². The van der Waals surface area contributed by atoms with Crippen LogP contribution in [0.5, 0.6) is 0 Å². The smallest absolute Gasteiger partial charge is 0.376 e. The van der Waals surface area contributed by atoms with Crippen LogP contribution >= 0.6 is 0 Å². The lowest BCUT2D eigenvalue weighted by molar-refractivity contribution is -0.634. The summed E-state index contributed by atoms with van der Waals surface area (Å²) < 4.78 is 25.2. The number of aromatic nitrogens is 2. The van der Waals surface area contributed by atoms with Gasteiger partial charge in [-0.1, -0.05) is 5.16 Å². The summed E-state index contributed by atoms with van der Waals surface area (Å²) in [7, 11) is 1.24. The van der Waals surface area contributed by atoms with Gasteiger partial charge in [-0.2, -0.15) is 8.97 Å². The molecule has 8 nitrogen and oxygen atoms in total. The van der Waals surface area contributed by atoms with E-state index in [-0.39, 0.29) is 17.6 Å². The second kappa shape index (κ2) is 5.92. The number of halogens is 1. The van der Waals surface area contributed by atoms with Gasteiger partial charge in [-0.25, -0.2) is 9.78 Å². The summed E-state index contributed by atoms with van der Waals surface area (Å²) >= 11 is 0. The van der Waals surface area contributed by atoms with Gasteiger partial charge in [0.1, 0.15) is 0 Å². The molecule has 4 rings (SSSR count). The van der Waals surface area contributed by atoms with E-state index in [1.807, 2.05) is 4.58 Å². The number of hydrogen-bond donors (Lipinski definition) is 2. The number of aliphatic hydroxyl groups is 1. The zero-order valence-corrected chi connectivity index (χ0v) is 13.4. The Morgan fingerprint density at radius 1 is 1.60 bits per heavy atom. The van der Waals surface area contributed by atoms with Gasteiger partial charge in [-0.15, -0.1) is 0 Å². The molecule has 0 radical (unpaired) electrons. The van der Waals surface area contributed by atoms with Crippen LogP contribution in [0.4, 0.5) is 10.2 Å². The van der Waals surface area contributed by atoms with Gasteiger partial charge in [0.05, 0.1) is 13.5 Å². The maximum absolute atomic E-state index is 13.9. The fraction of sp³-hybridized carbons (Fsp3) is 0.375. The average molecular weight is 347 g/mol. The molecule has 2 atom stereocenters. The summed E-state index contributed by atoms with van der Waals surface area (Å²) in [5, 5.41) is 17.1. The molecular weight excluding hydrogens is 331 g/mol. The molecule has 4 heterocycles. The molecule has 0 amide bonds. The Morgan fingerprint density at radius 3 is 3.24 bits per heavy atom. The number of nitrogens with zero attached hydrogens (tertiary/aromatic N) is 3. The number of methoxy groups -OCH3 is 1. The van der Waals surface area contributed by atoms with Crippen molar-refractivity contribution in [3.63, 3.8) is 0 Å². The average Bonchev–Trinajstić information content (AvgIpc) is 3.19. The fourth-order valence-corrected chi connectivity index (χ4v) is 3.53. The molecule has 9 heteroatoms. The Kier molecular flexibility index (Phi) is 3.72. The highest BCUT2D eigenvalue weighted by Crippen LogP contribution is 2.38. The van der Waals surface area contributed by atoms with E-state index in [2.05, 4.69) is 20.2 Å². The molecule has 2 bridgehead atoms. The van der Waals surface area contributed by atoms with Crippen LogP contribution in [-0.4, -0.2) is 45.0 Å². The minimum absolute atomic E-state index is 0.0649. The number of hydrogen-bond acceptors (Lipinski definition) is 7. The van der Waals surface area contributed by atoms with E-state index in [0.29, 0.717) is 12.0 Å². The first-order chi connectivity index (χ1) is 12.1. The zero-order valence-electron chi connectivity index (χ0n) is 13.4. The molecular formula is C16H16FN4O4+. The highest BCUT2D eigenvalue weighted by Gasteiger charge is 2.44. The van der Waals surface area contributed by atoms with Gasteiger partial charge < -0.3 is 14.4 Å². The lowest BCUT2D eigenvalue weighted by Gasteiger charge is -2.22. The van der Waals surface area contributed by atoms with Gasteiger partial charge in [0.25, 0.3) is 0 Å². The van der Waals surface area contributed by atoms with Crippen LogP contribution in [-0.2, 0) is 11.2 Å². The molecule has 0 aliphatic carbocycles. The number of anilines is 1. The van der Waals surface area contributed by atoms with Gasteiger partial charge in [0.2, 0.25) is 11.7 Å². The van der Waals surface area contributed by atoms with E-state index >= 15 is 0 Å². The second-order valence-electron chi connectivity index (χ2n) is 5.96. The Hall–Kier alpha value is -2.81. The SMILES string of the molecule is COC(=O)c1cc(NC(O)[N+]2=C3CC[C@@H]2c2ccnc(F)c2C3)no1. The minimum atomic E-state index is -1.08. The van der Waals surface area contributed by atoms with Crippen LogP contribution < -0.4 is 5.32 Å². The van der Waals surface area contributed by atoms with Crippen molar-refractivity contribution in [2.45, 2.75) is 31.7 Å². The Labute approximate surface area is 141 Å². The predicted molar refractivity (Wildman–Crippen MR) is 82.6 cm³/mol. The third-order valence-corrected chi connectivity index (χ3v) is 4.62. The molecule has 2 aliphatic heterocycles. The van der Waals surface area contributed by atoms with Gasteiger partial charge in [-0.05, 0) is 6.07 Å². The molecule has 2 aliphatic rings. The summed E-state index contributed by atoms with van der Waals surface area (Å²) in [5.74, 6) is -0.966. The Balaban J connectivity index is 1.58. The number of pyridine rings is 1. The predicted octanol–water partition coefficient (Wildman–Crippen LogP) is 1.23. The van der Waals surface area contributed by atoms with Gasteiger partial charge in [-0.3, -0.25) is 5.32 Å². The van der Waals surface area contributed by atoms with E-state index < -0.39 is 18.3 Å². The van der Waals surface area contributed by atoms with Crippen molar-refractivity contribution in [1.29, 1.82) is 0 Å². The van der Waals surface area contributed by atoms with Crippen molar-refractivity contribution in [3.05, 3.63) is 41.2 Å². The molecule has 0 saturated heterocycles. The van der Waals surface area contributed by atoms with Crippen molar-refractivity contribution in [1.82, 2.24) is 10.1 Å². The van der Waals surface area contributed by atoms with Crippen LogP contribution in [0, 0.1) is 5.95 Å². The van der Waals surface area contributed by atoms with Crippen molar-refractivity contribution >= 4 is 17.5 Å². The first kappa shape index (κ1) is 15.7. The lowest BCUT2D eigenvalue weighted by atomic mass is 9.98. The maximum atomic E-state index is 13.9. The highest BCUT2D eigenvalue weighted by atomic mass is 19.1. The van der Waals surface area contributed by atoms with E-state index in [1.54, 1.807) is 6.07 Å². The van der Waals surface area contributed by atoms with Crippen LogP contribution in [0.15, 0.2) is 22.9 Å². The van der Waals surface area contributed by atoms with Gasteiger partial charge >= 0.3 is 12.3 Å². The summed E-state index contributed by atoms with van der Waals surface area (Å²) in [4.78, 5) is 15.1. The van der Waals surface area contributed by atoms with E-state index in [9.17, 15) is 14.3 Å². The third-order valence-electron chi connectivity index (χ3n) is 4.62. The summed E-state index contributed by atoms with van der Waals surface area (Å²) in [5.41, 5.74) is 2.36. The van der Waals surface area contributed by atoms with E-state index in [0.717, 1.165) is 24.1 Å². The standard InChI is InChI=1S/C16H16FN4O4/c1-24-15(22)12-7-13(20-25-12)19-16(23)21-8-2-3-11(21)9-4-5-18-14(17)10(9)6-8/h4-5,7,11,16,23H,2-3,6H2,1H3,(H,19,20)/q+1/t11-,16?/m1/s1. The molecule has 0 spiro atoms. The van der Waals surface area contributed by atoms with Crippen molar-refractivity contribution < 1.29 is 28.1 Å². The number of aliphatic hydroxyl groups excluding tert-OH is 1. The highest BCUT2D eigenvalue weighted by molar-refractivity contribution is 5.87. The van der Waals surface area contributed by atoms with Crippen LogP contribution in [0.2, 0.25) is 0 Å².